The summed E-state index contributed by atoms with van der Waals surface area (Å²) in [6, 6.07) is 19.2. The number of amides is 3. The van der Waals surface area contributed by atoms with Crippen molar-refractivity contribution in [2.24, 2.45) is 9.98 Å². The molecule has 3 aromatic rings. The summed E-state index contributed by atoms with van der Waals surface area (Å²) < 4.78 is 5.90. The molecule has 9 heteroatoms. The molecule has 0 aliphatic carbocycles. The van der Waals surface area contributed by atoms with Gasteiger partial charge in [0.25, 0.3) is 5.91 Å². The summed E-state index contributed by atoms with van der Waals surface area (Å²) >= 11 is 0. The smallest absolute Gasteiger partial charge is 0.271 e. The Kier molecular flexibility index (Phi) is 11.7. The number of nitrogens with one attached hydrogen (secondary N) is 2. The van der Waals surface area contributed by atoms with Crippen LogP contribution in [0, 0.1) is 0 Å². The van der Waals surface area contributed by atoms with Crippen LogP contribution in [0.15, 0.2) is 95.0 Å². The van der Waals surface area contributed by atoms with Crippen LogP contribution in [0.2, 0.25) is 0 Å². The Hall–Kier alpha value is -5.05. The minimum atomic E-state index is -1.26. The fourth-order valence-electron chi connectivity index (χ4n) is 3.96. The zero-order chi connectivity index (χ0) is 30.4. The third kappa shape index (κ3) is 9.55. The van der Waals surface area contributed by atoms with Crippen LogP contribution in [0.1, 0.15) is 49.9 Å². The van der Waals surface area contributed by atoms with E-state index in [0.717, 1.165) is 22.3 Å². The predicted molar refractivity (Wildman–Crippen MR) is 166 cm³/mol. The van der Waals surface area contributed by atoms with Gasteiger partial charge in [-0.1, -0.05) is 66.7 Å². The normalized spacial score (nSPS) is 12.2. The molecule has 9 nitrogen and oxygen atoms in total. The number of allylic oxidation sites excluding steroid dienone is 1. The molecule has 0 fully saturated rings. The first kappa shape index (κ1) is 31.5. The fraction of sp³-hybridized carbons (Fsp3) is 0.242. The summed E-state index contributed by atoms with van der Waals surface area (Å²) in [6.07, 6.45) is 12.0. The number of hydrogen-bond donors (Lipinski definition) is 2. The van der Waals surface area contributed by atoms with Crippen molar-refractivity contribution in [3.63, 3.8) is 0 Å². The number of ether oxygens (including phenoxy) is 1. The van der Waals surface area contributed by atoms with Crippen LogP contribution in [0.5, 0.6) is 0 Å². The Morgan fingerprint density at radius 3 is 2.24 bits per heavy atom. The van der Waals surface area contributed by atoms with E-state index >= 15 is 0 Å². The molecule has 1 aromatic heterocycles. The first-order valence-corrected chi connectivity index (χ1v) is 13.6. The van der Waals surface area contributed by atoms with Gasteiger partial charge in [-0.15, -0.1) is 0 Å². The average molecular weight is 568 g/mol. The Morgan fingerprint density at radius 1 is 0.952 bits per heavy atom. The van der Waals surface area contributed by atoms with Gasteiger partial charge in [-0.25, -0.2) is 9.98 Å². The number of aromatic nitrogens is 1. The molecule has 218 valence electrons. The van der Waals surface area contributed by atoms with Gasteiger partial charge in [-0.3, -0.25) is 14.4 Å². The van der Waals surface area contributed by atoms with Gasteiger partial charge in [0.15, 0.2) is 0 Å². The van der Waals surface area contributed by atoms with Crippen LogP contribution in [0.25, 0.3) is 12.2 Å². The van der Waals surface area contributed by atoms with Crippen molar-refractivity contribution in [3.8, 4) is 0 Å². The number of carbonyl (C=O) groups is 3. The van der Waals surface area contributed by atoms with Gasteiger partial charge in [0, 0.05) is 49.9 Å². The van der Waals surface area contributed by atoms with E-state index in [1.807, 2.05) is 86.1 Å². The van der Waals surface area contributed by atoms with Crippen LogP contribution < -0.4 is 5.32 Å². The average Bonchev–Trinajstić information content (AvgIpc) is 3.43. The van der Waals surface area contributed by atoms with Crippen LogP contribution in [-0.4, -0.2) is 52.1 Å². The van der Waals surface area contributed by atoms with Crippen molar-refractivity contribution in [2.75, 3.05) is 6.54 Å². The molecule has 2 N–H and O–H groups in total. The van der Waals surface area contributed by atoms with E-state index < -0.39 is 11.4 Å². The highest BCUT2D eigenvalue weighted by molar-refractivity contribution is 5.98. The maximum atomic E-state index is 13.2. The second-order valence-electron chi connectivity index (χ2n) is 9.89. The highest BCUT2D eigenvalue weighted by Gasteiger charge is 2.37. The lowest BCUT2D eigenvalue weighted by Crippen LogP contribution is -2.54. The molecular weight excluding hydrogens is 530 g/mol. The Balaban J connectivity index is 1.72. The molecule has 0 saturated carbocycles. The summed E-state index contributed by atoms with van der Waals surface area (Å²) in [5.41, 5.74) is 2.31. The molecule has 0 aliphatic rings. The maximum Gasteiger partial charge on any atom is 0.271 e. The van der Waals surface area contributed by atoms with E-state index in [1.165, 1.54) is 18.0 Å². The molecule has 2 aromatic carbocycles. The number of rotatable bonds is 13. The molecule has 3 amide bonds. The second kappa shape index (κ2) is 15.7. The van der Waals surface area contributed by atoms with Crippen molar-refractivity contribution in [1.29, 1.82) is 0 Å². The number of carbonyl (C=O) groups excluding carboxylic acids is 3. The Labute approximate surface area is 246 Å². The lowest BCUT2D eigenvalue weighted by molar-refractivity contribution is -0.145. The summed E-state index contributed by atoms with van der Waals surface area (Å²) in [5.74, 6) is -0.751. The number of aromatic amines is 1. The molecule has 0 saturated heterocycles. The predicted octanol–water partition coefficient (Wildman–Crippen LogP) is 5.17. The lowest BCUT2D eigenvalue weighted by atomic mass is 10.00. The third-order valence-corrected chi connectivity index (χ3v) is 6.30. The van der Waals surface area contributed by atoms with E-state index in [1.54, 1.807) is 32.2 Å². The molecule has 3 rings (SSSR count). The van der Waals surface area contributed by atoms with Crippen molar-refractivity contribution in [2.45, 2.75) is 46.4 Å². The zero-order valence-corrected chi connectivity index (χ0v) is 24.4. The number of benzene rings is 2. The molecule has 0 unspecified atom stereocenters. The topological polar surface area (TPSA) is 116 Å². The quantitative estimate of drug-likeness (QED) is 0.219. The van der Waals surface area contributed by atoms with Gasteiger partial charge in [-0.05, 0) is 43.5 Å². The van der Waals surface area contributed by atoms with E-state index in [-0.39, 0.29) is 24.9 Å². The van der Waals surface area contributed by atoms with Crippen molar-refractivity contribution < 1.29 is 19.1 Å². The second-order valence-corrected chi connectivity index (χ2v) is 9.89. The van der Waals surface area contributed by atoms with E-state index in [2.05, 4.69) is 20.3 Å². The molecule has 0 bridgehead atoms. The molecule has 0 aliphatic heterocycles. The number of aliphatic imine (C=N–C) groups is 2. The van der Waals surface area contributed by atoms with Crippen LogP contribution in [0.3, 0.4) is 0 Å². The van der Waals surface area contributed by atoms with Gasteiger partial charge in [0.2, 0.25) is 17.7 Å². The van der Waals surface area contributed by atoms with Crippen molar-refractivity contribution in [1.82, 2.24) is 15.2 Å². The summed E-state index contributed by atoms with van der Waals surface area (Å²) in [6.45, 7) is 6.81. The first-order chi connectivity index (χ1) is 20.2. The Morgan fingerprint density at radius 2 is 1.60 bits per heavy atom. The van der Waals surface area contributed by atoms with Crippen molar-refractivity contribution in [3.05, 3.63) is 107 Å². The van der Waals surface area contributed by atoms with Gasteiger partial charge >= 0.3 is 0 Å². The number of hydrogen-bond acceptors (Lipinski definition) is 5. The van der Waals surface area contributed by atoms with E-state index in [9.17, 15) is 14.4 Å². The fourth-order valence-corrected chi connectivity index (χ4v) is 3.96. The Bertz CT molecular complexity index is 1450. The molecule has 1 heterocycles. The SMILES string of the molecule is CC=N/C(=C\c1c[nH]cc1/C=C\C=NC(=O)C(C)(C)N(Cc1ccccc1)C(=O)CNC(C)=O)OCc1ccccc1. The van der Waals surface area contributed by atoms with Crippen LogP contribution >= 0.6 is 0 Å². The number of H-pyrrole nitrogens is 1. The standard InChI is InChI=1S/C33H37N5O4/c1-5-35-30(42-24-27-15-10-7-11-16-27)19-29-21-34-20-28(29)17-12-18-36-32(41)33(3,4)38(31(40)22-37-25(2)39)23-26-13-8-6-9-14-26/h5-21,34H,22-24H2,1-4H3,(H,37,39)/b17-12-,30-19+,35-5?,36-18?. The van der Waals surface area contributed by atoms with Crippen LogP contribution in [0.4, 0.5) is 0 Å². The van der Waals surface area contributed by atoms with Gasteiger partial charge in [0.05, 0.1) is 6.54 Å². The van der Waals surface area contributed by atoms with Gasteiger partial charge in [0.1, 0.15) is 12.1 Å². The molecule has 42 heavy (non-hydrogen) atoms. The summed E-state index contributed by atoms with van der Waals surface area (Å²) in [5, 5.41) is 2.52. The molecular formula is C33H37N5O4. The maximum absolute atomic E-state index is 13.2. The first-order valence-electron chi connectivity index (χ1n) is 13.6. The molecule has 0 spiro atoms. The molecule has 0 atom stereocenters. The van der Waals surface area contributed by atoms with E-state index in [0.29, 0.717) is 12.5 Å². The zero-order valence-electron chi connectivity index (χ0n) is 24.4. The summed E-state index contributed by atoms with van der Waals surface area (Å²) in [4.78, 5) is 50.6. The minimum absolute atomic E-state index is 0.192. The monoisotopic (exact) mass is 567 g/mol. The largest absolute Gasteiger partial charge is 0.473 e. The lowest BCUT2D eigenvalue weighted by Gasteiger charge is -2.36. The van der Waals surface area contributed by atoms with Gasteiger partial charge < -0.3 is 19.9 Å². The third-order valence-electron chi connectivity index (χ3n) is 6.30. The minimum Gasteiger partial charge on any atom is -0.473 e. The van der Waals surface area contributed by atoms with Crippen molar-refractivity contribution >= 4 is 42.3 Å². The number of nitrogens with zero attached hydrogens (tertiary/aromatic N) is 3. The highest BCUT2D eigenvalue weighted by atomic mass is 16.5. The van der Waals surface area contributed by atoms with E-state index in [4.69, 9.17) is 4.74 Å². The molecule has 0 radical (unpaired) electrons. The van der Waals surface area contributed by atoms with Crippen LogP contribution in [-0.2, 0) is 32.3 Å². The van der Waals surface area contributed by atoms with Gasteiger partial charge in [-0.2, -0.15) is 0 Å². The summed E-state index contributed by atoms with van der Waals surface area (Å²) in [7, 11) is 0. The highest BCUT2D eigenvalue weighted by Crippen LogP contribution is 2.21.